The van der Waals surface area contributed by atoms with E-state index in [1.54, 1.807) is 6.07 Å². The average molecular weight is 338 g/mol. The highest BCUT2D eigenvalue weighted by molar-refractivity contribution is 5.85. The molecule has 0 spiro atoms. The smallest absolute Gasteiger partial charge is 0.308 e. The molecule has 24 heavy (non-hydrogen) atoms. The Morgan fingerprint density at radius 2 is 1.88 bits per heavy atom. The quantitative estimate of drug-likeness (QED) is 0.633. The van der Waals surface area contributed by atoms with Crippen LogP contribution in [0.3, 0.4) is 0 Å². The molecule has 132 valence electrons. The third-order valence-electron chi connectivity index (χ3n) is 3.35. The van der Waals surface area contributed by atoms with Crippen LogP contribution >= 0.6 is 0 Å². The number of carboxylic acid groups (broad SMARTS) is 1. The van der Waals surface area contributed by atoms with Crippen LogP contribution in [0.2, 0.25) is 0 Å². The highest BCUT2D eigenvalue weighted by atomic mass is 19.1. The van der Waals surface area contributed by atoms with Crippen LogP contribution in [0.15, 0.2) is 24.3 Å². The Morgan fingerprint density at radius 3 is 2.46 bits per heavy atom. The standard InChI is InChI=1S/C17H23FN2O4/c1-11(2)6-13(17(23)24)9-19-16(22)10-20-15(21)8-12-4-3-5-14(18)7-12/h3-5,7,11,13H,6,8-10H2,1-2H3,(H,19,22)(H,20,21)(H,23,24). The summed E-state index contributed by atoms with van der Waals surface area (Å²) in [4.78, 5) is 34.5. The van der Waals surface area contributed by atoms with Crippen LogP contribution in [0, 0.1) is 17.7 Å². The van der Waals surface area contributed by atoms with Gasteiger partial charge in [0.05, 0.1) is 18.9 Å². The van der Waals surface area contributed by atoms with Gasteiger partial charge in [-0.2, -0.15) is 0 Å². The van der Waals surface area contributed by atoms with Crippen molar-refractivity contribution < 1.29 is 23.9 Å². The number of hydrogen-bond acceptors (Lipinski definition) is 3. The Hall–Kier alpha value is -2.44. The number of amides is 2. The number of hydrogen-bond donors (Lipinski definition) is 3. The minimum atomic E-state index is -0.959. The van der Waals surface area contributed by atoms with Gasteiger partial charge in [-0.25, -0.2) is 4.39 Å². The summed E-state index contributed by atoms with van der Waals surface area (Å²) in [5, 5.41) is 14.0. The first-order valence-corrected chi connectivity index (χ1v) is 7.78. The van der Waals surface area contributed by atoms with Crippen LogP contribution in [0.1, 0.15) is 25.8 Å². The van der Waals surface area contributed by atoms with Gasteiger partial charge in [0.2, 0.25) is 11.8 Å². The van der Waals surface area contributed by atoms with Crippen molar-refractivity contribution in [3.63, 3.8) is 0 Å². The number of carbonyl (C=O) groups excluding carboxylic acids is 2. The second-order valence-electron chi connectivity index (χ2n) is 6.05. The van der Waals surface area contributed by atoms with Gasteiger partial charge in [0, 0.05) is 6.54 Å². The van der Waals surface area contributed by atoms with Crippen LogP contribution in [0.5, 0.6) is 0 Å². The van der Waals surface area contributed by atoms with Crippen LogP contribution < -0.4 is 10.6 Å². The summed E-state index contributed by atoms with van der Waals surface area (Å²) in [6, 6.07) is 5.66. The molecule has 0 saturated carbocycles. The monoisotopic (exact) mass is 338 g/mol. The maximum absolute atomic E-state index is 13.0. The Morgan fingerprint density at radius 1 is 1.17 bits per heavy atom. The van der Waals surface area contributed by atoms with E-state index in [9.17, 15) is 18.8 Å². The zero-order chi connectivity index (χ0) is 18.1. The van der Waals surface area contributed by atoms with Crippen molar-refractivity contribution in [3.8, 4) is 0 Å². The molecule has 2 amide bonds. The average Bonchev–Trinajstić information content (AvgIpc) is 2.48. The van der Waals surface area contributed by atoms with E-state index < -0.39 is 29.5 Å². The molecule has 1 unspecified atom stereocenters. The lowest BCUT2D eigenvalue weighted by Crippen LogP contribution is -2.40. The molecular weight excluding hydrogens is 315 g/mol. The summed E-state index contributed by atoms with van der Waals surface area (Å²) in [7, 11) is 0. The van der Waals surface area contributed by atoms with Gasteiger partial charge >= 0.3 is 5.97 Å². The van der Waals surface area contributed by atoms with E-state index in [1.807, 2.05) is 13.8 Å². The molecule has 6 nitrogen and oxygen atoms in total. The van der Waals surface area contributed by atoms with Gasteiger partial charge in [0.15, 0.2) is 0 Å². The largest absolute Gasteiger partial charge is 0.481 e. The highest BCUT2D eigenvalue weighted by Crippen LogP contribution is 2.11. The number of halogens is 1. The van der Waals surface area contributed by atoms with Crippen molar-refractivity contribution >= 4 is 17.8 Å². The van der Waals surface area contributed by atoms with Crippen LogP contribution in [-0.2, 0) is 20.8 Å². The fourth-order valence-corrected chi connectivity index (χ4v) is 2.21. The molecule has 0 heterocycles. The van der Waals surface area contributed by atoms with E-state index >= 15 is 0 Å². The Bertz CT molecular complexity index is 590. The Labute approximate surface area is 140 Å². The molecule has 0 fully saturated rings. The summed E-state index contributed by atoms with van der Waals surface area (Å²) in [6.45, 7) is 3.59. The molecule has 7 heteroatoms. The number of carboxylic acids is 1. The molecule has 1 aromatic rings. The fraction of sp³-hybridized carbons (Fsp3) is 0.471. The molecule has 1 aromatic carbocycles. The second-order valence-corrected chi connectivity index (χ2v) is 6.05. The molecule has 0 saturated heterocycles. The predicted octanol–water partition coefficient (Wildman–Crippen LogP) is 1.35. The zero-order valence-electron chi connectivity index (χ0n) is 13.8. The minimum Gasteiger partial charge on any atom is -0.481 e. The van der Waals surface area contributed by atoms with E-state index in [4.69, 9.17) is 5.11 Å². The summed E-state index contributed by atoms with van der Waals surface area (Å²) in [6.07, 6.45) is 0.428. The number of rotatable bonds is 9. The lowest BCUT2D eigenvalue weighted by atomic mass is 9.97. The third kappa shape index (κ3) is 7.71. The van der Waals surface area contributed by atoms with Crippen molar-refractivity contribution in [1.82, 2.24) is 10.6 Å². The fourth-order valence-electron chi connectivity index (χ4n) is 2.21. The van der Waals surface area contributed by atoms with Gasteiger partial charge in [0.25, 0.3) is 0 Å². The number of aliphatic carboxylic acids is 1. The lowest BCUT2D eigenvalue weighted by molar-refractivity contribution is -0.142. The van der Waals surface area contributed by atoms with E-state index in [1.165, 1.54) is 18.2 Å². The summed E-state index contributed by atoms with van der Waals surface area (Å²) in [5.74, 6) is -2.71. The maximum Gasteiger partial charge on any atom is 0.308 e. The lowest BCUT2D eigenvalue weighted by Gasteiger charge is -2.15. The number of nitrogens with one attached hydrogen (secondary N) is 2. The van der Waals surface area contributed by atoms with Crippen molar-refractivity contribution in [2.24, 2.45) is 11.8 Å². The first kappa shape index (κ1) is 19.6. The van der Waals surface area contributed by atoms with Gasteiger partial charge < -0.3 is 15.7 Å². The molecule has 1 rings (SSSR count). The van der Waals surface area contributed by atoms with E-state index in [2.05, 4.69) is 10.6 Å². The Kier molecular flexibility index (Phi) is 7.88. The van der Waals surface area contributed by atoms with Crippen molar-refractivity contribution in [2.45, 2.75) is 26.7 Å². The predicted molar refractivity (Wildman–Crippen MR) is 86.7 cm³/mol. The van der Waals surface area contributed by atoms with E-state index in [0.29, 0.717) is 12.0 Å². The molecule has 0 aliphatic carbocycles. The van der Waals surface area contributed by atoms with Crippen molar-refractivity contribution in [3.05, 3.63) is 35.6 Å². The molecule has 0 bridgehead atoms. The second kappa shape index (κ2) is 9.64. The Balaban J connectivity index is 2.34. The van der Waals surface area contributed by atoms with Gasteiger partial charge in [-0.1, -0.05) is 26.0 Å². The molecule has 1 atom stereocenters. The van der Waals surface area contributed by atoms with Gasteiger partial charge in [-0.05, 0) is 30.0 Å². The van der Waals surface area contributed by atoms with Crippen LogP contribution in [0.4, 0.5) is 4.39 Å². The van der Waals surface area contributed by atoms with E-state index in [0.717, 1.165) is 0 Å². The third-order valence-corrected chi connectivity index (χ3v) is 3.35. The molecule has 0 aromatic heterocycles. The van der Waals surface area contributed by atoms with Crippen molar-refractivity contribution in [1.29, 1.82) is 0 Å². The minimum absolute atomic E-state index is 0.0200. The zero-order valence-corrected chi connectivity index (χ0v) is 13.8. The molecule has 0 aliphatic heterocycles. The molecule has 3 N–H and O–H groups in total. The van der Waals surface area contributed by atoms with Gasteiger partial charge in [-0.15, -0.1) is 0 Å². The van der Waals surface area contributed by atoms with Gasteiger partial charge in [0.1, 0.15) is 5.82 Å². The highest BCUT2D eigenvalue weighted by Gasteiger charge is 2.19. The van der Waals surface area contributed by atoms with Crippen molar-refractivity contribution in [2.75, 3.05) is 13.1 Å². The number of benzene rings is 1. The summed E-state index contributed by atoms with van der Waals surface area (Å²) < 4.78 is 13.0. The first-order chi connectivity index (χ1) is 11.3. The maximum atomic E-state index is 13.0. The van der Waals surface area contributed by atoms with Crippen LogP contribution in [-0.4, -0.2) is 36.0 Å². The molecule has 0 aliphatic rings. The van der Waals surface area contributed by atoms with Crippen LogP contribution in [0.25, 0.3) is 0 Å². The first-order valence-electron chi connectivity index (χ1n) is 7.78. The summed E-state index contributed by atoms with van der Waals surface area (Å²) in [5.41, 5.74) is 0.510. The van der Waals surface area contributed by atoms with Gasteiger partial charge in [-0.3, -0.25) is 14.4 Å². The summed E-state index contributed by atoms with van der Waals surface area (Å²) >= 11 is 0. The SMILES string of the molecule is CC(C)CC(CNC(=O)CNC(=O)Cc1cccc(F)c1)C(=O)O. The topological polar surface area (TPSA) is 95.5 Å². The normalized spacial score (nSPS) is 11.8. The molecule has 0 radical (unpaired) electrons. The van der Waals surface area contributed by atoms with E-state index in [-0.39, 0.29) is 25.4 Å². The molecular formula is C17H23FN2O4. The number of carbonyl (C=O) groups is 3.